The minimum absolute atomic E-state index is 0.000415. The van der Waals surface area contributed by atoms with Gasteiger partial charge in [0.1, 0.15) is 0 Å². The Bertz CT molecular complexity index is 359. The number of urea groups is 1. The molecule has 0 saturated carbocycles. The third-order valence-corrected chi connectivity index (χ3v) is 2.68. The average molecular weight is 235 g/mol. The predicted octanol–water partition coefficient (Wildman–Crippen LogP) is 2.10. The fourth-order valence-electron chi connectivity index (χ4n) is 1.47. The summed E-state index contributed by atoms with van der Waals surface area (Å²) in [6.45, 7) is 6.51. The van der Waals surface area contributed by atoms with Crippen LogP contribution in [0.3, 0.4) is 0 Å². The summed E-state index contributed by atoms with van der Waals surface area (Å²) in [5.74, 6) is 0.323. The van der Waals surface area contributed by atoms with Crippen molar-refractivity contribution in [1.29, 1.82) is 0 Å². The quantitative estimate of drug-likeness (QED) is 0.748. The molecule has 1 aromatic rings. The molecule has 4 heteroatoms. The second-order valence-electron chi connectivity index (χ2n) is 4.55. The van der Waals surface area contributed by atoms with Crippen molar-refractivity contribution < 1.29 is 4.79 Å². The number of carbonyl (C=O) groups is 1. The van der Waals surface area contributed by atoms with Crippen molar-refractivity contribution in [3.05, 3.63) is 29.8 Å². The molecular formula is C13H21N3O. The molecule has 0 spiro atoms. The van der Waals surface area contributed by atoms with E-state index >= 15 is 0 Å². The lowest BCUT2D eigenvalue weighted by Gasteiger charge is -2.20. The van der Waals surface area contributed by atoms with Crippen LogP contribution in [0.15, 0.2) is 24.3 Å². The zero-order valence-electron chi connectivity index (χ0n) is 10.7. The Morgan fingerprint density at radius 1 is 1.29 bits per heavy atom. The van der Waals surface area contributed by atoms with E-state index in [1.807, 2.05) is 45.0 Å². The fraction of sp³-hybridized carbons (Fsp3) is 0.462. The molecule has 0 saturated heterocycles. The first kappa shape index (κ1) is 13.5. The second kappa shape index (κ2) is 6.25. The molecule has 4 nitrogen and oxygen atoms in total. The van der Waals surface area contributed by atoms with Crippen molar-refractivity contribution in [3.63, 3.8) is 0 Å². The molecule has 0 heterocycles. The minimum Gasteiger partial charge on any atom is -0.334 e. The molecule has 1 atom stereocenters. The maximum absolute atomic E-state index is 11.7. The number of amides is 2. The van der Waals surface area contributed by atoms with Crippen LogP contribution in [0.1, 0.15) is 19.4 Å². The number of aryl methyl sites for hydroxylation is 1. The van der Waals surface area contributed by atoms with Gasteiger partial charge in [0.25, 0.3) is 0 Å². The SMILES string of the molecule is Cc1ccc(NC(=O)NC(CN)C(C)C)cc1. The lowest BCUT2D eigenvalue weighted by molar-refractivity contribution is 0.245. The summed E-state index contributed by atoms with van der Waals surface area (Å²) in [4.78, 5) is 11.7. The summed E-state index contributed by atoms with van der Waals surface area (Å²) in [7, 11) is 0. The van der Waals surface area contributed by atoms with Gasteiger partial charge in [0, 0.05) is 18.3 Å². The van der Waals surface area contributed by atoms with Gasteiger partial charge in [0.15, 0.2) is 0 Å². The average Bonchev–Trinajstić information content (AvgIpc) is 2.28. The molecule has 0 bridgehead atoms. The molecule has 1 aromatic carbocycles. The highest BCUT2D eigenvalue weighted by Crippen LogP contribution is 2.08. The Labute approximate surface area is 103 Å². The van der Waals surface area contributed by atoms with Gasteiger partial charge in [-0.05, 0) is 25.0 Å². The first-order chi connectivity index (χ1) is 8.02. The van der Waals surface area contributed by atoms with E-state index < -0.39 is 0 Å². The molecule has 0 aromatic heterocycles. The van der Waals surface area contributed by atoms with Crippen molar-refractivity contribution in [3.8, 4) is 0 Å². The van der Waals surface area contributed by atoms with Crippen LogP contribution in [0.5, 0.6) is 0 Å². The maximum Gasteiger partial charge on any atom is 0.319 e. The van der Waals surface area contributed by atoms with Crippen LogP contribution in [0.2, 0.25) is 0 Å². The normalized spacial score (nSPS) is 12.3. The molecule has 0 aliphatic heterocycles. The summed E-state index contributed by atoms with van der Waals surface area (Å²) < 4.78 is 0. The van der Waals surface area contributed by atoms with E-state index in [-0.39, 0.29) is 12.1 Å². The van der Waals surface area contributed by atoms with E-state index in [4.69, 9.17) is 5.73 Å². The second-order valence-corrected chi connectivity index (χ2v) is 4.55. The molecule has 0 radical (unpaired) electrons. The van der Waals surface area contributed by atoms with Crippen LogP contribution < -0.4 is 16.4 Å². The number of hydrogen-bond acceptors (Lipinski definition) is 2. The monoisotopic (exact) mass is 235 g/mol. The summed E-state index contributed by atoms with van der Waals surface area (Å²) in [5.41, 5.74) is 7.54. The smallest absolute Gasteiger partial charge is 0.319 e. The highest BCUT2D eigenvalue weighted by molar-refractivity contribution is 5.89. The van der Waals surface area contributed by atoms with Crippen molar-refractivity contribution in [2.24, 2.45) is 11.7 Å². The molecule has 17 heavy (non-hydrogen) atoms. The lowest BCUT2D eigenvalue weighted by atomic mass is 10.1. The Morgan fingerprint density at radius 3 is 2.35 bits per heavy atom. The van der Waals surface area contributed by atoms with Gasteiger partial charge in [-0.15, -0.1) is 0 Å². The summed E-state index contributed by atoms with van der Waals surface area (Å²) in [6, 6.07) is 7.46. The Balaban J connectivity index is 2.52. The molecule has 1 rings (SSSR count). The van der Waals surface area contributed by atoms with Crippen molar-refractivity contribution >= 4 is 11.7 Å². The van der Waals surface area contributed by atoms with Gasteiger partial charge in [-0.1, -0.05) is 31.5 Å². The molecule has 2 amide bonds. The van der Waals surface area contributed by atoms with Crippen molar-refractivity contribution in [1.82, 2.24) is 5.32 Å². The fourth-order valence-corrected chi connectivity index (χ4v) is 1.47. The van der Waals surface area contributed by atoms with Crippen molar-refractivity contribution in [2.45, 2.75) is 26.8 Å². The van der Waals surface area contributed by atoms with Crippen LogP contribution in [0, 0.1) is 12.8 Å². The first-order valence-corrected chi connectivity index (χ1v) is 5.87. The molecule has 0 aliphatic rings. The van der Waals surface area contributed by atoms with Crippen LogP contribution in [-0.4, -0.2) is 18.6 Å². The molecule has 94 valence electrons. The van der Waals surface area contributed by atoms with E-state index in [1.165, 1.54) is 0 Å². The topological polar surface area (TPSA) is 67.2 Å². The molecule has 1 unspecified atom stereocenters. The summed E-state index contributed by atoms with van der Waals surface area (Å²) in [6.07, 6.45) is 0. The zero-order chi connectivity index (χ0) is 12.8. The van der Waals surface area contributed by atoms with Gasteiger partial charge in [0.05, 0.1) is 0 Å². The number of anilines is 1. The highest BCUT2D eigenvalue weighted by Gasteiger charge is 2.13. The van der Waals surface area contributed by atoms with Crippen LogP contribution in [0.25, 0.3) is 0 Å². The van der Waals surface area contributed by atoms with Gasteiger partial charge < -0.3 is 16.4 Å². The van der Waals surface area contributed by atoms with E-state index in [2.05, 4.69) is 10.6 Å². The highest BCUT2D eigenvalue weighted by atomic mass is 16.2. The van der Waals surface area contributed by atoms with E-state index in [9.17, 15) is 4.79 Å². The molecular weight excluding hydrogens is 214 g/mol. The largest absolute Gasteiger partial charge is 0.334 e. The van der Waals surface area contributed by atoms with E-state index in [1.54, 1.807) is 0 Å². The molecule has 0 aliphatic carbocycles. The minimum atomic E-state index is -0.210. The Morgan fingerprint density at radius 2 is 1.88 bits per heavy atom. The van der Waals surface area contributed by atoms with Gasteiger partial charge in [0.2, 0.25) is 0 Å². The van der Waals surface area contributed by atoms with E-state index in [0.29, 0.717) is 12.5 Å². The van der Waals surface area contributed by atoms with Crippen LogP contribution in [-0.2, 0) is 0 Å². The molecule has 0 fully saturated rings. The van der Waals surface area contributed by atoms with E-state index in [0.717, 1.165) is 11.3 Å². The summed E-state index contributed by atoms with van der Waals surface area (Å²) >= 11 is 0. The van der Waals surface area contributed by atoms with Crippen LogP contribution in [0.4, 0.5) is 10.5 Å². The Kier molecular flexibility index (Phi) is 4.97. The van der Waals surface area contributed by atoms with Gasteiger partial charge in [-0.2, -0.15) is 0 Å². The Hall–Kier alpha value is -1.55. The standard InChI is InChI=1S/C13H21N3O/c1-9(2)12(8-14)16-13(17)15-11-6-4-10(3)5-7-11/h4-7,9,12H,8,14H2,1-3H3,(H2,15,16,17). The predicted molar refractivity (Wildman–Crippen MR) is 71.0 cm³/mol. The molecule has 4 N–H and O–H groups in total. The number of nitrogens with two attached hydrogens (primary N) is 1. The number of benzene rings is 1. The number of hydrogen-bond donors (Lipinski definition) is 3. The van der Waals surface area contributed by atoms with Crippen molar-refractivity contribution in [2.75, 3.05) is 11.9 Å². The number of nitrogens with one attached hydrogen (secondary N) is 2. The number of carbonyl (C=O) groups excluding carboxylic acids is 1. The first-order valence-electron chi connectivity index (χ1n) is 5.87. The third kappa shape index (κ3) is 4.44. The van der Waals surface area contributed by atoms with Gasteiger partial charge in [-0.3, -0.25) is 0 Å². The lowest BCUT2D eigenvalue weighted by Crippen LogP contribution is -2.45. The van der Waals surface area contributed by atoms with Gasteiger partial charge >= 0.3 is 6.03 Å². The maximum atomic E-state index is 11.7. The third-order valence-electron chi connectivity index (χ3n) is 2.68. The zero-order valence-corrected chi connectivity index (χ0v) is 10.7. The van der Waals surface area contributed by atoms with Crippen LogP contribution >= 0.6 is 0 Å². The summed E-state index contributed by atoms with van der Waals surface area (Å²) in [5, 5.41) is 5.64. The number of rotatable bonds is 4. The van der Waals surface area contributed by atoms with Gasteiger partial charge in [-0.25, -0.2) is 4.79 Å².